The summed E-state index contributed by atoms with van der Waals surface area (Å²) < 4.78 is 5.61. The van der Waals surface area contributed by atoms with Crippen molar-refractivity contribution in [3.05, 3.63) is 115 Å². The number of allylic oxidation sites excluding steroid dienone is 2. The molecule has 1 saturated heterocycles. The second-order valence-corrected chi connectivity index (χ2v) is 11.3. The van der Waals surface area contributed by atoms with Crippen molar-refractivity contribution < 1.29 is 9.53 Å². The van der Waals surface area contributed by atoms with Crippen LogP contribution in [-0.4, -0.2) is 23.6 Å². The van der Waals surface area contributed by atoms with Gasteiger partial charge in [0.05, 0.1) is 6.54 Å². The van der Waals surface area contributed by atoms with E-state index in [2.05, 4.69) is 79.4 Å². The smallest absolute Gasteiger partial charge is 0.413 e. The minimum absolute atomic E-state index is 0.0867. The summed E-state index contributed by atoms with van der Waals surface area (Å²) >= 11 is 0. The lowest BCUT2D eigenvalue weighted by Gasteiger charge is -2.27. The van der Waals surface area contributed by atoms with Gasteiger partial charge < -0.3 is 4.74 Å². The molecule has 0 aliphatic carbocycles. The molecule has 0 unspecified atom stereocenters. The molecular weight excluding hydrogens is 401 g/mol. The van der Waals surface area contributed by atoms with E-state index in [-0.39, 0.29) is 12.1 Å². The van der Waals surface area contributed by atoms with Crippen LogP contribution in [0.1, 0.15) is 13.8 Å². The number of carbonyl (C=O) groups is 1. The number of amides is 1. The monoisotopic (exact) mass is 428 g/mol. The van der Waals surface area contributed by atoms with Crippen LogP contribution in [0.4, 0.5) is 4.79 Å². The van der Waals surface area contributed by atoms with Gasteiger partial charge in [-0.2, -0.15) is 0 Å². The number of hydrogen-bond acceptors (Lipinski definition) is 2. The van der Waals surface area contributed by atoms with E-state index in [0.717, 1.165) is 5.31 Å². The minimum Gasteiger partial charge on any atom is -0.413 e. The highest BCUT2D eigenvalue weighted by Gasteiger charge is 2.48. The second-order valence-electron chi connectivity index (χ2n) is 7.87. The van der Waals surface area contributed by atoms with E-state index >= 15 is 0 Å². The molecule has 3 aromatic rings. The van der Waals surface area contributed by atoms with Crippen molar-refractivity contribution in [3.8, 4) is 0 Å². The van der Waals surface area contributed by atoms with E-state index in [1.54, 1.807) is 4.90 Å². The lowest BCUT2D eigenvalue weighted by Crippen LogP contribution is -2.32. The molecule has 0 spiro atoms. The zero-order chi connectivity index (χ0) is 21.8. The number of ether oxygens (including phenoxy) is 1. The summed E-state index contributed by atoms with van der Waals surface area (Å²) in [5.74, 6) is 0.649. The predicted octanol–water partition coefficient (Wildman–Crippen LogP) is 5.24. The Morgan fingerprint density at radius 1 is 0.871 bits per heavy atom. The third-order valence-electron chi connectivity index (χ3n) is 5.59. The van der Waals surface area contributed by atoms with Gasteiger partial charge in [0, 0.05) is 12.1 Å². The Morgan fingerprint density at radius 3 is 1.65 bits per heavy atom. The molecule has 4 rings (SSSR count). The van der Waals surface area contributed by atoms with Gasteiger partial charge in [0.15, 0.2) is 0 Å². The second kappa shape index (κ2) is 8.91. The first kappa shape index (κ1) is 21.1. The molecule has 0 radical (unpaired) electrons. The fourth-order valence-corrected chi connectivity index (χ4v) is 8.17. The average Bonchev–Trinajstić information content (AvgIpc) is 3.17. The maximum absolute atomic E-state index is 12.3. The van der Waals surface area contributed by atoms with Crippen LogP contribution in [0.25, 0.3) is 0 Å². The molecule has 0 N–H and O–H groups in total. The van der Waals surface area contributed by atoms with Gasteiger partial charge in [-0.15, -0.1) is 0 Å². The van der Waals surface area contributed by atoms with Gasteiger partial charge in [0.1, 0.15) is 34.2 Å². The molecular formula is C27H27NO2P+. The van der Waals surface area contributed by atoms with Crippen molar-refractivity contribution in [1.82, 2.24) is 4.90 Å². The lowest BCUT2D eigenvalue weighted by molar-refractivity contribution is 0.160. The summed E-state index contributed by atoms with van der Waals surface area (Å²) in [6, 6.07) is 31.7. The molecule has 1 fully saturated rings. The quantitative estimate of drug-likeness (QED) is 0.503. The number of hydrogen-bond donors (Lipinski definition) is 0. The Hall–Kier alpha value is -3.16. The highest BCUT2D eigenvalue weighted by molar-refractivity contribution is 7.99. The highest BCUT2D eigenvalue weighted by atomic mass is 31.2. The summed E-state index contributed by atoms with van der Waals surface area (Å²) in [6.45, 7) is 9.03. The lowest BCUT2D eigenvalue weighted by atomic mass is 10.3. The van der Waals surface area contributed by atoms with Crippen molar-refractivity contribution in [1.29, 1.82) is 0 Å². The molecule has 1 aliphatic heterocycles. The van der Waals surface area contributed by atoms with Crippen LogP contribution in [0.5, 0.6) is 0 Å². The summed E-state index contributed by atoms with van der Waals surface area (Å²) in [7, 11) is -2.24. The van der Waals surface area contributed by atoms with Gasteiger partial charge in [-0.05, 0) is 50.2 Å². The van der Waals surface area contributed by atoms with E-state index < -0.39 is 7.26 Å². The average molecular weight is 428 g/mol. The molecule has 1 heterocycles. The topological polar surface area (TPSA) is 29.5 Å². The Balaban J connectivity index is 1.92. The highest BCUT2D eigenvalue weighted by Crippen LogP contribution is 2.62. The van der Waals surface area contributed by atoms with Crippen molar-refractivity contribution in [3.63, 3.8) is 0 Å². The summed E-state index contributed by atoms with van der Waals surface area (Å²) in [5.41, 5.74) is 0. The molecule has 4 heteroatoms. The zero-order valence-corrected chi connectivity index (χ0v) is 18.8. The zero-order valence-electron chi connectivity index (χ0n) is 17.9. The van der Waals surface area contributed by atoms with E-state index in [1.807, 2.05) is 38.1 Å². The van der Waals surface area contributed by atoms with Crippen LogP contribution in [0, 0.1) is 0 Å². The van der Waals surface area contributed by atoms with Crippen molar-refractivity contribution in [2.75, 3.05) is 6.54 Å². The first-order chi connectivity index (χ1) is 15.0. The molecule has 0 aromatic heterocycles. The molecule has 31 heavy (non-hydrogen) atoms. The van der Waals surface area contributed by atoms with Gasteiger partial charge in [0.2, 0.25) is 0 Å². The third-order valence-corrected chi connectivity index (χ3v) is 9.80. The number of benzene rings is 3. The minimum atomic E-state index is -2.24. The summed E-state index contributed by atoms with van der Waals surface area (Å²) in [4.78, 5) is 14.0. The van der Waals surface area contributed by atoms with E-state index in [4.69, 9.17) is 4.74 Å². The Bertz CT molecular complexity index is 995. The van der Waals surface area contributed by atoms with Crippen molar-refractivity contribution in [2.45, 2.75) is 19.9 Å². The molecule has 0 saturated carbocycles. The van der Waals surface area contributed by atoms with Crippen LogP contribution in [0.2, 0.25) is 0 Å². The first-order valence-electron chi connectivity index (χ1n) is 10.5. The maximum Gasteiger partial charge on any atom is 0.415 e. The molecule has 156 valence electrons. The van der Waals surface area contributed by atoms with E-state index in [1.165, 1.54) is 15.9 Å². The van der Waals surface area contributed by atoms with Crippen LogP contribution >= 0.6 is 7.26 Å². The van der Waals surface area contributed by atoms with E-state index in [0.29, 0.717) is 12.3 Å². The van der Waals surface area contributed by atoms with Gasteiger partial charge in [-0.1, -0.05) is 61.2 Å². The van der Waals surface area contributed by atoms with Crippen molar-refractivity contribution >= 4 is 29.3 Å². The summed E-state index contributed by atoms with van der Waals surface area (Å²) in [5, 5.41) is 4.63. The van der Waals surface area contributed by atoms with Gasteiger partial charge in [-0.3, -0.25) is 4.90 Å². The Morgan fingerprint density at radius 2 is 1.29 bits per heavy atom. The first-order valence-corrected chi connectivity index (χ1v) is 12.3. The predicted molar refractivity (Wildman–Crippen MR) is 131 cm³/mol. The Kier molecular flexibility index (Phi) is 6.06. The fourth-order valence-electron chi connectivity index (χ4n) is 4.09. The van der Waals surface area contributed by atoms with Crippen molar-refractivity contribution in [2.24, 2.45) is 0 Å². The van der Waals surface area contributed by atoms with Crippen LogP contribution in [-0.2, 0) is 4.74 Å². The van der Waals surface area contributed by atoms with Gasteiger partial charge >= 0.3 is 6.09 Å². The fraction of sp³-hybridized carbons (Fsp3) is 0.148. The molecule has 1 aliphatic rings. The van der Waals surface area contributed by atoms with Gasteiger partial charge in [0.25, 0.3) is 0 Å². The SMILES string of the molecule is C=C(/C=C1\CN(C(C)C)C(=O)O1)[P+](c1ccccc1)(c1ccccc1)c1ccccc1. The van der Waals surface area contributed by atoms with Gasteiger partial charge in [-0.25, -0.2) is 4.79 Å². The standard InChI is InChI=1S/C27H27NO2P/c1-21(2)28-20-23(30-27(28)29)19-22(3)31(24-13-7-4-8-14-24,25-15-9-5-10-16-25)26-17-11-6-12-18-26/h4-19,21H,3,20H2,1-2H3/q+1/b23-19+. The molecule has 0 bridgehead atoms. The van der Waals surface area contributed by atoms with E-state index in [9.17, 15) is 4.79 Å². The van der Waals surface area contributed by atoms with Crippen LogP contribution in [0.15, 0.2) is 115 Å². The Labute approximate surface area is 185 Å². The number of carbonyl (C=O) groups excluding carboxylic acids is 1. The molecule has 3 nitrogen and oxygen atoms in total. The normalized spacial score (nSPS) is 15.4. The van der Waals surface area contributed by atoms with Crippen LogP contribution in [0.3, 0.4) is 0 Å². The largest absolute Gasteiger partial charge is 0.415 e. The number of nitrogens with zero attached hydrogens (tertiary/aromatic N) is 1. The molecule has 0 atom stereocenters. The number of cyclic esters (lactones) is 1. The van der Waals surface area contributed by atoms with Crippen LogP contribution < -0.4 is 15.9 Å². The molecule has 3 aromatic carbocycles. The third kappa shape index (κ3) is 3.94. The maximum atomic E-state index is 12.3. The number of rotatable bonds is 6. The molecule has 1 amide bonds. The summed E-state index contributed by atoms with van der Waals surface area (Å²) in [6.07, 6.45) is 1.69.